The molecule has 0 N–H and O–H groups in total. The fraction of sp³-hybridized carbons (Fsp3) is 0.333. The predicted octanol–water partition coefficient (Wildman–Crippen LogP) is 5.88. The Bertz CT molecular complexity index is 1190. The van der Waals surface area contributed by atoms with Crippen molar-refractivity contribution in [2.24, 2.45) is 0 Å². The van der Waals surface area contributed by atoms with Gasteiger partial charge in [-0.25, -0.2) is 4.85 Å². The predicted molar refractivity (Wildman–Crippen MR) is 137 cm³/mol. The summed E-state index contributed by atoms with van der Waals surface area (Å²) in [4.78, 5) is 4.38. The Morgan fingerprint density at radius 2 is 2.06 bits per heavy atom. The molecule has 0 radical (unpaired) electrons. The molecular formula is C24H21ClIN3O4S. The molecule has 3 unspecified atom stereocenters. The van der Waals surface area contributed by atoms with Crippen molar-refractivity contribution in [1.29, 1.82) is 0 Å². The molecule has 34 heavy (non-hydrogen) atoms. The third kappa shape index (κ3) is 4.86. The zero-order valence-electron chi connectivity index (χ0n) is 18.1. The van der Waals surface area contributed by atoms with E-state index in [0.29, 0.717) is 17.3 Å². The SMILES string of the molecule is [C-]#[N+]c1ccc(Cl)cc1S[C@H]1OC2COC(c3ccccc3)O[C@@H]2[C@H](n2cc(I)cn2)C1OC. The van der Waals surface area contributed by atoms with Crippen molar-refractivity contribution in [3.8, 4) is 0 Å². The van der Waals surface area contributed by atoms with Crippen LogP contribution >= 0.6 is 46.0 Å². The smallest absolute Gasteiger partial charge is 0.200 e. The standard InChI is InChI=1S/C24H21ClIN3O4S/c1-27-17-9-8-15(25)10-19(17)34-24-22(30-2)20(29-12-16(26)11-28-29)21-18(32-24)13-31-23(33-21)14-6-4-3-5-7-14/h3-12,18,20-24H,13H2,2H3/t18?,20-,21-,22?,23?,24+/m0/s1. The summed E-state index contributed by atoms with van der Waals surface area (Å²) in [7, 11) is 1.66. The van der Waals surface area contributed by atoms with Crippen LogP contribution in [0.15, 0.2) is 65.8 Å². The summed E-state index contributed by atoms with van der Waals surface area (Å²) >= 11 is 9.89. The minimum absolute atomic E-state index is 0.268. The molecule has 2 aliphatic heterocycles. The lowest BCUT2D eigenvalue weighted by Gasteiger charge is -2.49. The Balaban J connectivity index is 1.49. The summed E-state index contributed by atoms with van der Waals surface area (Å²) in [5.74, 6) is 0. The Labute approximate surface area is 220 Å². The van der Waals surface area contributed by atoms with E-state index < -0.39 is 17.8 Å². The quantitative estimate of drug-likeness (QED) is 0.266. The van der Waals surface area contributed by atoms with Crippen LogP contribution in [0, 0.1) is 10.1 Å². The van der Waals surface area contributed by atoms with Crippen LogP contribution < -0.4 is 0 Å². The van der Waals surface area contributed by atoms with Crippen LogP contribution in [0.1, 0.15) is 17.9 Å². The van der Waals surface area contributed by atoms with E-state index in [4.69, 9.17) is 37.1 Å². The van der Waals surface area contributed by atoms with Crippen LogP contribution in [-0.2, 0) is 18.9 Å². The molecule has 6 atom stereocenters. The summed E-state index contributed by atoms with van der Waals surface area (Å²) in [5.41, 5.74) is 1.03. The number of methoxy groups -OCH3 is 1. The number of rotatable bonds is 5. The number of benzene rings is 2. The summed E-state index contributed by atoms with van der Waals surface area (Å²) < 4.78 is 27.9. The van der Waals surface area contributed by atoms with Crippen LogP contribution in [0.3, 0.4) is 0 Å². The van der Waals surface area contributed by atoms with Gasteiger partial charge in [-0.05, 0) is 28.7 Å². The summed E-state index contributed by atoms with van der Waals surface area (Å²) in [6.07, 6.45) is 2.17. The van der Waals surface area contributed by atoms with Gasteiger partial charge in [0.1, 0.15) is 29.8 Å². The van der Waals surface area contributed by atoms with Crippen LogP contribution in [0.25, 0.3) is 4.85 Å². The second-order valence-corrected chi connectivity index (χ2v) is 10.7. The van der Waals surface area contributed by atoms with Gasteiger partial charge in [-0.2, -0.15) is 5.10 Å². The molecule has 2 fully saturated rings. The van der Waals surface area contributed by atoms with Crippen LogP contribution in [0.5, 0.6) is 0 Å². The molecule has 3 heterocycles. The van der Waals surface area contributed by atoms with E-state index in [9.17, 15) is 0 Å². The van der Waals surface area contributed by atoms with E-state index in [-0.39, 0.29) is 18.2 Å². The monoisotopic (exact) mass is 609 g/mol. The van der Waals surface area contributed by atoms with Crippen LogP contribution in [0.4, 0.5) is 5.69 Å². The first-order chi connectivity index (χ1) is 16.6. The first kappa shape index (κ1) is 24.1. The number of aromatic nitrogens is 2. The fourth-order valence-corrected chi connectivity index (χ4v) is 6.20. The van der Waals surface area contributed by atoms with Crippen LogP contribution in [0.2, 0.25) is 5.02 Å². The minimum atomic E-state index is -0.508. The summed E-state index contributed by atoms with van der Waals surface area (Å²) in [6, 6.07) is 14.8. The van der Waals surface area contributed by atoms with Gasteiger partial charge in [-0.3, -0.25) is 4.68 Å². The van der Waals surface area contributed by atoms with Gasteiger partial charge in [-0.15, -0.1) is 11.8 Å². The highest BCUT2D eigenvalue weighted by Crippen LogP contribution is 2.46. The number of hydrogen-bond acceptors (Lipinski definition) is 6. The zero-order chi connectivity index (χ0) is 23.7. The number of nitrogens with zero attached hydrogens (tertiary/aromatic N) is 3. The van der Waals surface area contributed by atoms with E-state index in [2.05, 4.69) is 32.5 Å². The normalized spacial score (nSPS) is 28.8. The molecule has 3 aromatic rings. The van der Waals surface area contributed by atoms with E-state index in [1.807, 2.05) is 47.4 Å². The van der Waals surface area contributed by atoms with Crippen molar-refractivity contribution < 1.29 is 18.9 Å². The van der Waals surface area contributed by atoms with Crippen molar-refractivity contribution >= 4 is 51.6 Å². The van der Waals surface area contributed by atoms with Gasteiger partial charge < -0.3 is 18.9 Å². The highest BCUT2D eigenvalue weighted by atomic mass is 127. The highest BCUT2D eigenvalue weighted by molar-refractivity contribution is 14.1. The number of thioether (sulfide) groups is 1. The van der Waals surface area contributed by atoms with Gasteiger partial charge in [0.15, 0.2) is 6.29 Å². The molecule has 10 heteroatoms. The maximum Gasteiger partial charge on any atom is 0.200 e. The molecule has 0 spiro atoms. The average Bonchev–Trinajstić information content (AvgIpc) is 3.29. The molecular weight excluding hydrogens is 589 g/mol. The Hall–Kier alpha value is -1.65. The van der Waals surface area contributed by atoms with Gasteiger partial charge in [0.25, 0.3) is 0 Å². The minimum Gasteiger partial charge on any atom is -0.375 e. The maximum absolute atomic E-state index is 7.54. The molecule has 2 aliphatic rings. The fourth-order valence-electron chi connectivity index (χ4n) is 4.27. The first-order valence-corrected chi connectivity index (χ1v) is 12.9. The van der Waals surface area contributed by atoms with Gasteiger partial charge in [0, 0.05) is 28.8 Å². The van der Waals surface area contributed by atoms with E-state index in [1.165, 1.54) is 11.8 Å². The van der Waals surface area contributed by atoms with Crippen molar-refractivity contribution in [3.05, 3.63) is 86.5 Å². The molecule has 0 bridgehead atoms. The number of hydrogen-bond donors (Lipinski definition) is 0. The van der Waals surface area contributed by atoms with Gasteiger partial charge in [-0.1, -0.05) is 54.1 Å². The van der Waals surface area contributed by atoms with Gasteiger partial charge >= 0.3 is 0 Å². The van der Waals surface area contributed by atoms with E-state index >= 15 is 0 Å². The number of halogens is 2. The van der Waals surface area contributed by atoms with Crippen molar-refractivity contribution in [2.75, 3.05) is 13.7 Å². The Morgan fingerprint density at radius 3 is 2.76 bits per heavy atom. The molecule has 0 saturated carbocycles. The lowest BCUT2D eigenvalue weighted by molar-refractivity contribution is -0.308. The highest BCUT2D eigenvalue weighted by Gasteiger charge is 2.51. The molecule has 5 rings (SSSR count). The zero-order valence-corrected chi connectivity index (χ0v) is 21.8. The van der Waals surface area contributed by atoms with Crippen molar-refractivity contribution in [1.82, 2.24) is 9.78 Å². The number of fused-ring (bicyclic) bond motifs is 1. The lowest BCUT2D eigenvalue weighted by Crippen LogP contribution is -2.59. The van der Waals surface area contributed by atoms with Gasteiger partial charge in [0.2, 0.25) is 5.69 Å². The molecule has 176 valence electrons. The lowest BCUT2D eigenvalue weighted by atomic mass is 9.96. The summed E-state index contributed by atoms with van der Waals surface area (Å²) in [5, 5.41) is 5.15. The van der Waals surface area contributed by atoms with E-state index in [0.717, 1.165) is 14.0 Å². The second kappa shape index (κ2) is 10.5. The third-order valence-electron chi connectivity index (χ3n) is 5.81. The molecule has 0 aliphatic carbocycles. The number of ether oxygens (including phenoxy) is 4. The van der Waals surface area contributed by atoms with Crippen molar-refractivity contribution in [3.63, 3.8) is 0 Å². The molecule has 1 aromatic heterocycles. The molecule has 2 aromatic carbocycles. The Morgan fingerprint density at radius 1 is 1.24 bits per heavy atom. The van der Waals surface area contributed by atoms with Crippen molar-refractivity contribution in [2.45, 2.75) is 41.0 Å². The molecule has 0 amide bonds. The molecule has 2 saturated heterocycles. The largest absolute Gasteiger partial charge is 0.375 e. The summed E-state index contributed by atoms with van der Waals surface area (Å²) in [6.45, 7) is 7.90. The average molecular weight is 610 g/mol. The third-order valence-corrected chi connectivity index (χ3v) is 7.80. The van der Waals surface area contributed by atoms with Gasteiger partial charge in [0.05, 0.1) is 22.9 Å². The first-order valence-electron chi connectivity index (χ1n) is 10.6. The van der Waals surface area contributed by atoms with E-state index in [1.54, 1.807) is 25.3 Å². The Kier molecular flexibility index (Phi) is 7.46. The maximum atomic E-state index is 7.54. The topological polar surface area (TPSA) is 59.1 Å². The molecule has 7 nitrogen and oxygen atoms in total. The second-order valence-electron chi connectivity index (χ2n) is 7.89. The van der Waals surface area contributed by atoms with Crippen LogP contribution in [-0.4, -0.2) is 47.2 Å².